The van der Waals surface area contributed by atoms with Gasteiger partial charge in [-0.1, -0.05) is 51.4 Å². The maximum atomic E-state index is 11.1. The Morgan fingerprint density at radius 1 is 1.38 bits per heavy atom. The van der Waals surface area contributed by atoms with Crippen LogP contribution in [0.3, 0.4) is 0 Å². The summed E-state index contributed by atoms with van der Waals surface area (Å²) in [7, 11) is 0. The maximum absolute atomic E-state index is 11.1. The van der Waals surface area contributed by atoms with E-state index in [0.29, 0.717) is 11.6 Å². The summed E-state index contributed by atoms with van der Waals surface area (Å²) in [6.07, 6.45) is 0. The van der Waals surface area contributed by atoms with Gasteiger partial charge < -0.3 is 9.84 Å². The Kier molecular flexibility index (Phi) is 3.36. The highest BCUT2D eigenvalue weighted by Crippen LogP contribution is 2.21. The summed E-state index contributed by atoms with van der Waals surface area (Å²) in [5.74, 6) is 0.890. The number of hydrogen-bond donors (Lipinski definition) is 1. The van der Waals surface area contributed by atoms with Crippen LogP contribution in [0.25, 0.3) is 11.3 Å². The second kappa shape index (κ2) is 4.94. The summed E-state index contributed by atoms with van der Waals surface area (Å²) in [5, 5.41) is 6.58. The molecule has 0 radical (unpaired) electrons. The van der Waals surface area contributed by atoms with Crippen molar-refractivity contribution in [2.75, 3.05) is 10.6 Å². The van der Waals surface area contributed by atoms with Gasteiger partial charge in [-0.25, -0.2) is 0 Å². The lowest BCUT2D eigenvalue weighted by atomic mass is 10.2. The van der Waals surface area contributed by atoms with Crippen LogP contribution >= 0.6 is 15.9 Å². The fourth-order valence-electron chi connectivity index (χ4n) is 1.25. The zero-order valence-corrected chi connectivity index (χ0v) is 9.90. The smallest absolute Gasteiger partial charge is 0.236 e. The zero-order valence-electron chi connectivity index (χ0n) is 8.31. The van der Waals surface area contributed by atoms with Crippen LogP contribution in [-0.2, 0) is 4.79 Å². The third-order valence-electron chi connectivity index (χ3n) is 1.96. The number of alkyl halides is 1. The Bertz CT molecular complexity index is 482. The molecule has 16 heavy (non-hydrogen) atoms. The van der Waals surface area contributed by atoms with Crippen LogP contribution in [0, 0.1) is 0 Å². The van der Waals surface area contributed by atoms with Crippen molar-refractivity contribution in [1.29, 1.82) is 0 Å². The molecule has 0 bridgehead atoms. The summed E-state index contributed by atoms with van der Waals surface area (Å²) >= 11 is 3.05. The topological polar surface area (TPSA) is 55.1 Å². The van der Waals surface area contributed by atoms with E-state index < -0.39 is 0 Å². The van der Waals surface area contributed by atoms with E-state index in [2.05, 4.69) is 26.4 Å². The quantitative estimate of drug-likeness (QED) is 0.880. The number of nitrogens with zero attached hydrogens (tertiary/aromatic N) is 1. The van der Waals surface area contributed by atoms with Gasteiger partial charge in [-0.05, 0) is 0 Å². The molecule has 1 amide bonds. The number of rotatable bonds is 3. The summed E-state index contributed by atoms with van der Waals surface area (Å²) in [5.41, 5.74) is 0.925. The predicted molar refractivity (Wildman–Crippen MR) is 64.4 cm³/mol. The van der Waals surface area contributed by atoms with Crippen molar-refractivity contribution in [3.05, 3.63) is 36.4 Å². The van der Waals surface area contributed by atoms with Crippen molar-refractivity contribution in [2.45, 2.75) is 0 Å². The van der Waals surface area contributed by atoms with E-state index in [-0.39, 0.29) is 11.2 Å². The third-order valence-corrected chi connectivity index (χ3v) is 2.47. The molecule has 0 unspecified atom stereocenters. The minimum atomic E-state index is -0.159. The summed E-state index contributed by atoms with van der Waals surface area (Å²) in [6, 6.07) is 11.3. The highest BCUT2D eigenvalue weighted by Gasteiger charge is 2.07. The monoisotopic (exact) mass is 280 g/mol. The number of carbonyl (C=O) groups excluding carboxylic acids is 1. The van der Waals surface area contributed by atoms with Crippen molar-refractivity contribution < 1.29 is 9.32 Å². The molecule has 1 aromatic carbocycles. The van der Waals surface area contributed by atoms with Gasteiger partial charge in [0.05, 0.1) is 5.33 Å². The number of carbonyl (C=O) groups is 1. The van der Waals surface area contributed by atoms with E-state index in [1.807, 2.05) is 30.3 Å². The van der Waals surface area contributed by atoms with Gasteiger partial charge >= 0.3 is 0 Å². The number of halogens is 1. The largest absolute Gasteiger partial charge is 0.354 e. The minimum absolute atomic E-state index is 0.159. The average Bonchev–Trinajstić information content (AvgIpc) is 2.78. The predicted octanol–water partition coefficient (Wildman–Crippen LogP) is 2.68. The van der Waals surface area contributed by atoms with Gasteiger partial charge in [-0.3, -0.25) is 4.79 Å². The van der Waals surface area contributed by atoms with Crippen molar-refractivity contribution >= 4 is 27.7 Å². The molecule has 5 heteroatoms. The Hall–Kier alpha value is -1.62. The zero-order chi connectivity index (χ0) is 11.4. The molecule has 1 aromatic heterocycles. The minimum Gasteiger partial charge on any atom is -0.354 e. The van der Waals surface area contributed by atoms with Crippen molar-refractivity contribution in [2.24, 2.45) is 0 Å². The molecule has 0 aliphatic heterocycles. The van der Waals surface area contributed by atoms with Crippen molar-refractivity contribution in [1.82, 2.24) is 5.16 Å². The number of hydrogen-bond acceptors (Lipinski definition) is 3. The molecule has 82 valence electrons. The van der Waals surface area contributed by atoms with Crippen LogP contribution in [0.2, 0.25) is 0 Å². The fraction of sp³-hybridized carbons (Fsp3) is 0.0909. The maximum Gasteiger partial charge on any atom is 0.236 e. The molecule has 2 rings (SSSR count). The van der Waals surface area contributed by atoms with E-state index in [9.17, 15) is 4.79 Å². The lowest BCUT2D eigenvalue weighted by Crippen LogP contribution is -2.12. The van der Waals surface area contributed by atoms with E-state index in [1.54, 1.807) is 6.07 Å². The Morgan fingerprint density at radius 2 is 2.12 bits per heavy atom. The number of aromatic nitrogens is 1. The number of benzene rings is 1. The molecule has 4 nitrogen and oxygen atoms in total. The van der Waals surface area contributed by atoms with Gasteiger partial charge in [0.25, 0.3) is 0 Å². The standard InChI is InChI=1S/C11H9BrN2O2/c12-7-11(15)13-10-6-9(16-14-10)8-4-2-1-3-5-8/h1-6H,7H2,(H,13,14,15). The summed E-state index contributed by atoms with van der Waals surface area (Å²) in [4.78, 5) is 11.1. The van der Waals surface area contributed by atoms with Crippen molar-refractivity contribution in [3.8, 4) is 11.3 Å². The van der Waals surface area contributed by atoms with Gasteiger partial charge in [0, 0.05) is 11.6 Å². The molecular weight excluding hydrogens is 272 g/mol. The molecule has 0 aliphatic carbocycles. The second-order valence-corrected chi connectivity index (χ2v) is 3.68. The van der Waals surface area contributed by atoms with Crippen LogP contribution in [0.5, 0.6) is 0 Å². The fourth-order valence-corrected chi connectivity index (χ4v) is 1.39. The van der Waals surface area contributed by atoms with Crippen LogP contribution in [0.4, 0.5) is 5.82 Å². The number of anilines is 1. The van der Waals surface area contributed by atoms with E-state index in [0.717, 1.165) is 5.56 Å². The molecule has 0 saturated heterocycles. The van der Waals surface area contributed by atoms with E-state index >= 15 is 0 Å². The van der Waals surface area contributed by atoms with Gasteiger partial charge in [0.1, 0.15) is 0 Å². The van der Waals surface area contributed by atoms with Crippen LogP contribution < -0.4 is 5.32 Å². The Labute approximate surface area is 101 Å². The van der Waals surface area contributed by atoms with Crippen LogP contribution in [0.1, 0.15) is 0 Å². The Morgan fingerprint density at radius 3 is 2.81 bits per heavy atom. The lowest BCUT2D eigenvalue weighted by Gasteiger charge is -1.94. The molecule has 1 heterocycles. The molecule has 0 fully saturated rings. The lowest BCUT2D eigenvalue weighted by molar-refractivity contribution is -0.113. The SMILES string of the molecule is O=C(CBr)Nc1cc(-c2ccccc2)on1. The number of nitrogens with one attached hydrogen (secondary N) is 1. The van der Waals surface area contributed by atoms with E-state index in [1.165, 1.54) is 0 Å². The summed E-state index contributed by atoms with van der Waals surface area (Å²) < 4.78 is 5.12. The van der Waals surface area contributed by atoms with Gasteiger partial charge in [-0.15, -0.1) is 0 Å². The molecular formula is C11H9BrN2O2. The van der Waals surface area contributed by atoms with E-state index in [4.69, 9.17) is 4.52 Å². The highest BCUT2D eigenvalue weighted by atomic mass is 79.9. The first-order chi connectivity index (χ1) is 7.79. The normalized spacial score (nSPS) is 10.1. The summed E-state index contributed by atoms with van der Waals surface area (Å²) in [6.45, 7) is 0. The Balaban J connectivity index is 2.17. The first kappa shape index (κ1) is 10.9. The molecule has 0 aliphatic rings. The first-order valence-corrected chi connectivity index (χ1v) is 5.79. The van der Waals surface area contributed by atoms with Crippen molar-refractivity contribution in [3.63, 3.8) is 0 Å². The molecule has 2 aromatic rings. The van der Waals surface area contributed by atoms with Crippen LogP contribution in [0.15, 0.2) is 40.9 Å². The molecule has 0 atom stereocenters. The average molecular weight is 281 g/mol. The second-order valence-electron chi connectivity index (χ2n) is 3.12. The number of amides is 1. The molecule has 0 saturated carbocycles. The van der Waals surface area contributed by atoms with Gasteiger partial charge in [0.2, 0.25) is 5.91 Å². The molecule has 1 N–H and O–H groups in total. The van der Waals surface area contributed by atoms with Crippen LogP contribution in [-0.4, -0.2) is 16.4 Å². The van der Waals surface area contributed by atoms with Gasteiger partial charge in [-0.2, -0.15) is 0 Å². The highest BCUT2D eigenvalue weighted by molar-refractivity contribution is 9.09. The third kappa shape index (κ3) is 2.49. The van der Waals surface area contributed by atoms with Gasteiger partial charge in [0.15, 0.2) is 11.6 Å². The molecule has 0 spiro atoms. The first-order valence-electron chi connectivity index (χ1n) is 4.67.